The Morgan fingerprint density at radius 2 is 1.94 bits per heavy atom. The van der Waals surface area contributed by atoms with Gasteiger partial charge >= 0.3 is 5.97 Å². The lowest BCUT2D eigenvalue weighted by atomic mass is 9.88. The van der Waals surface area contributed by atoms with E-state index in [0.717, 1.165) is 5.56 Å². The van der Waals surface area contributed by atoms with Crippen LogP contribution in [0.25, 0.3) is 0 Å². The molecule has 18 heavy (non-hydrogen) atoms. The summed E-state index contributed by atoms with van der Waals surface area (Å²) >= 11 is 0. The number of hydrogen-bond donors (Lipinski definition) is 3. The fourth-order valence-corrected chi connectivity index (χ4v) is 0.887. The van der Waals surface area contributed by atoms with Crippen LogP contribution in [-0.2, 0) is 4.79 Å². The van der Waals surface area contributed by atoms with Gasteiger partial charge in [0.15, 0.2) is 0 Å². The van der Waals surface area contributed by atoms with Gasteiger partial charge in [-0.2, -0.15) is 0 Å². The molecule has 1 rings (SSSR count). The standard InChI is InChI=1S/C6H6N2O.C6H13NO2/c9-8-5-6-1-3-7-4-2-6;1-6(2,3)4(7)5(8)9/h1-5,9H;4H,7H2,1-3H3,(H,8,9). The lowest BCUT2D eigenvalue weighted by Gasteiger charge is -2.22. The van der Waals surface area contributed by atoms with Crippen molar-refractivity contribution in [3.05, 3.63) is 30.1 Å². The Labute approximate surface area is 106 Å². The van der Waals surface area contributed by atoms with Crippen molar-refractivity contribution >= 4 is 12.2 Å². The molecule has 6 heteroatoms. The van der Waals surface area contributed by atoms with Gasteiger partial charge in [-0.15, -0.1) is 0 Å². The third kappa shape index (κ3) is 6.59. The highest BCUT2D eigenvalue weighted by molar-refractivity contribution is 5.78. The molecule has 0 saturated heterocycles. The molecule has 1 heterocycles. The van der Waals surface area contributed by atoms with Crippen LogP contribution >= 0.6 is 0 Å². The molecular weight excluding hydrogens is 234 g/mol. The smallest absolute Gasteiger partial charge is 0.321 e. The predicted molar refractivity (Wildman–Crippen MR) is 68.7 cm³/mol. The predicted octanol–water partition coefficient (Wildman–Crippen LogP) is 1.33. The zero-order chi connectivity index (χ0) is 14.2. The summed E-state index contributed by atoms with van der Waals surface area (Å²) in [4.78, 5) is 14.0. The number of carbonyl (C=O) groups is 1. The number of hydrogen-bond acceptors (Lipinski definition) is 5. The Hall–Kier alpha value is -1.95. The lowest BCUT2D eigenvalue weighted by molar-refractivity contribution is -0.141. The number of pyridine rings is 1. The van der Waals surface area contributed by atoms with E-state index in [0.29, 0.717) is 0 Å². The van der Waals surface area contributed by atoms with Crippen LogP contribution in [0.15, 0.2) is 29.7 Å². The Morgan fingerprint density at radius 1 is 1.44 bits per heavy atom. The first-order valence-electron chi connectivity index (χ1n) is 5.35. The quantitative estimate of drug-likeness (QED) is 0.418. The van der Waals surface area contributed by atoms with Crippen LogP contribution in [0.5, 0.6) is 0 Å². The molecule has 0 aromatic carbocycles. The molecule has 0 aliphatic carbocycles. The molecule has 1 atom stereocenters. The molecule has 0 amide bonds. The minimum absolute atomic E-state index is 0.341. The van der Waals surface area contributed by atoms with Crippen molar-refractivity contribution in [3.8, 4) is 0 Å². The average Bonchev–Trinajstić information content (AvgIpc) is 2.29. The number of nitrogens with zero attached hydrogens (tertiary/aromatic N) is 2. The molecule has 0 aliphatic heterocycles. The zero-order valence-corrected chi connectivity index (χ0v) is 10.7. The lowest BCUT2D eigenvalue weighted by Crippen LogP contribution is -2.41. The number of nitrogens with two attached hydrogens (primary N) is 1. The summed E-state index contributed by atoms with van der Waals surface area (Å²) in [5.41, 5.74) is 5.79. The SMILES string of the molecule is CC(C)(C)C(N)C(=O)O.ON=Cc1ccncc1. The summed E-state index contributed by atoms with van der Waals surface area (Å²) in [5.74, 6) is -0.942. The molecule has 0 fully saturated rings. The van der Waals surface area contributed by atoms with Crippen LogP contribution < -0.4 is 5.73 Å². The van der Waals surface area contributed by atoms with Crippen molar-refractivity contribution in [3.63, 3.8) is 0 Å². The van der Waals surface area contributed by atoms with Crippen LogP contribution in [0.2, 0.25) is 0 Å². The first-order chi connectivity index (χ1) is 8.29. The van der Waals surface area contributed by atoms with E-state index >= 15 is 0 Å². The fraction of sp³-hybridized carbons (Fsp3) is 0.417. The van der Waals surface area contributed by atoms with E-state index in [-0.39, 0.29) is 5.41 Å². The van der Waals surface area contributed by atoms with Crippen LogP contribution in [0.4, 0.5) is 0 Å². The Kier molecular flexibility index (Phi) is 6.59. The molecule has 0 spiro atoms. The number of aliphatic carboxylic acids is 1. The van der Waals surface area contributed by atoms with Crippen molar-refractivity contribution in [2.24, 2.45) is 16.3 Å². The topological polar surface area (TPSA) is 109 Å². The molecule has 0 radical (unpaired) electrons. The maximum atomic E-state index is 10.2. The largest absolute Gasteiger partial charge is 0.480 e. The maximum Gasteiger partial charge on any atom is 0.321 e. The van der Waals surface area contributed by atoms with Gasteiger partial charge in [0.25, 0.3) is 0 Å². The highest BCUT2D eigenvalue weighted by Gasteiger charge is 2.26. The number of aromatic nitrogens is 1. The van der Waals surface area contributed by atoms with Gasteiger partial charge in [0.2, 0.25) is 0 Å². The molecule has 1 aromatic heterocycles. The Bertz CT molecular complexity index is 385. The van der Waals surface area contributed by atoms with Crippen LogP contribution in [-0.4, -0.2) is 33.5 Å². The van der Waals surface area contributed by atoms with Gasteiger partial charge in [0, 0.05) is 12.4 Å². The third-order valence-corrected chi connectivity index (χ3v) is 2.11. The second kappa shape index (κ2) is 7.39. The van der Waals surface area contributed by atoms with E-state index in [1.807, 2.05) is 0 Å². The highest BCUT2D eigenvalue weighted by atomic mass is 16.4. The molecule has 4 N–H and O–H groups in total. The van der Waals surface area contributed by atoms with E-state index in [1.165, 1.54) is 6.21 Å². The van der Waals surface area contributed by atoms with Gasteiger partial charge in [0.1, 0.15) is 6.04 Å². The number of carboxylic acid groups (broad SMARTS) is 1. The summed E-state index contributed by atoms with van der Waals surface area (Å²) in [5, 5.41) is 19.3. The Morgan fingerprint density at radius 3 is 2.22 bits per heavy atom. The van der Waals surface area contributed by atoms with Crippen LogP contribution in [0.3, 0.4) is 0 Å². The van der Waals surface area contributed by atoms with E-state index in [9.17, 15) is 4.79 Å². The number of rotatable bonds is 2. The van der Waals surface area contributed by atoms with Crippen molar-refractivity contribution in [1.29, 1.82) is 0 Å². The molecule has 6 nitrogen and oxygen atoms in total. The molecule has 1 aromatic rings. The van der Waals surface area contributed by atoms with Gasteiger partial charge in [-0.05, 0) is 23.1 Å². The van der Waals surface area contributed by atoms with E-state index in [1.54, 1.807) is 45.3 Å². The van der Waals surface area contributed by atoms with Gasteiger partial charge in [-0.1, -0.05) is 25.9 Å². The van der Waals surface area contributed by atoms with Crippen molar-refractivity contribution in [1.82, 2.24) is 4.98 Å². The van der Waals surface area contributed by atoms with Crippen molar-refractivity contribution in [2.45, 2.75) is 26.8 Å². The molecule has 100 valence electrons. The van der Waals surface area contributed by atoms with E-state index in [4.69, 9.17) is 16.0 Å². The van der Waals surface area contributed by atoms with Gasteiger partial charge in [-0.25, -0.2) is 0 Å². The molecule has 0 aliphatic rings. The second-order valence-corrected chi connectivity index (χ2v) is 4.71. The molecule has 0 bridgehead atoms. The maximum absolute atomic E-state index is 10.2. The summed E-state index contributed by atoms with van der Waals surface area (Å²) < 4.78 is 0. The zero-order valence-electron chi connectivity index (χ0n) is 10.7. The third-order valence-electron chi connectivity index (χ3n) is 2.11. The number of oxime groups is 1. The highest BCUT2D eigenvalue weighted by Crippen LogP contribution is 2.16. The first-order valence-corrected chi connectivity index (χ1v) is 5.35. The molecule has 1 unspecified atom stereocenters. The first kappa shape index (κ1) is 16.1. The van der Waals surface area contributed by atoms with Gasteiger partial charge < -0.3 is 16.0 Å². The fourth-order valence-electron chi connectivity index (χ4n) is 0.887. The average molecular weight is 253 g/mol. The van der Waals surface area contributed by atoms with Gasteiger partial charge in [0.05, 0.1) is 6.21 Å². The van der Waals surface area contributed by atoms with Gasteiger partial charge in [-0.3, -0.25) is 9.78 Å². The minimum atomic E-state index is -0.942. The molecule has 0 saturated carbocycles. The van der Waals surface area contributed by atoms with E-state index in [2.05, 4.69) is 10.1 Å². The summed E-state index contributed by atoms with van der Waals surface area (Å²) in [6, 6.07) is 2.73. The number of carboxylic acids is 1. The Balaban J connectivity index is 0.000000321. The van der Waals surface area contributed by atoms with Crippen LogP contribution in [0.1, 0.15) is 26.3 Å². The minimum Gasteiger partial charge on any atom is -0.480 e. The summed E-state index contributed by atoms with van der Waals surface area (Å²) in [6.07, 6.45) is 4.62. The monoisotopic (exact) mass is 253 g/mol. The van der Waals surface area contributed by atoms with E-state index < -0.39 is 12.0 Å². The molecular formula is C12H19N3O3. The van der Waals surface area contributed by atoms with Crippen molar-refractivity contribution in [2.75, 3.05) is 0 Å². The van der Waals surface area contributed by atoms with Crippen LogP contribution in [0, 0.1) is 5.41 Å². The normalized spacial score (nSPS) is 12.7. The summed E-state index contributed by atoms with van der Waals surface area (Å²) in [7, 11) is 0. The summed E-state index contributed by atoms with van der Waals surface area (Å²) in [6.45, 7) is 5.39. The van der Waals surface area contributed by atoms with Crippen molar-refractivity contribution < 1.29 is 15.1 Å². The second-order valence-electron chi connectivity index (χ2n) is 4.71.